The van der Waals surface area contributed by atoms with Crippen LogP contribution in [0.15, 0.2) is 54.9 Å². The average Bonchev–Trinajstić information content (AvgIpc) is 2.55. The Hall–Kier alpha value is -1.71. The van der Waals surface area contributed by atoms with Crippen molar-refractivity contribution in [2.24, 2.45) is 0 Å². The molecule has 1 aromatic carbocycles. The Labute approximate surface area is 127 Å². The van der Waals surface area contributed by atoms with Crippen LogP contribution in [0.3, 0.4) is 0 Å². The number of piperidine rings is 1. The molecule has 2 heterocycles. The zero-order valence-corrected chi connectivity index (χ0v) is 12.4. The molecule has 0 unspecified atom stereocenters. The normalized spacial score (nSPS) is 19.5. The fourth-order valence-corrected chi connectivity index (χ4v) is 2.97. The van der Waals surface area contributed by atoms with E-state index in [0.29, 0.717) is 6.04 Å². The lowest BCUT2D eigenvalue weighted by Crippen LogP contribution is -2.45. The maximum Gasteiger partial charge on any atom is 0.0271 e. The van der Waals surface area contributed by atoms with E-state index < -0.39 is 0 Å². The van der Waals surface area contributed by atoms with E-state index in [4.69, 9.17) is 0 Å². The molecule has 0 amide bonds. The summed E-state index contributed by atoms with van der Waals surface area (Å²) in [5.41, 5.74) is 2.72. The van der Waals surface area contributed by atoms with Crippen molar-refractivity contribution in [3.8, 4) is 0 Å². The molecule has 1 aromatic heterocycles. The Morgan fingerprint density at radius 2 is 1.86 bits per heavy atom. The highest BCUT2D eigenvalue weighted by Gasteiger charge is 2.19. The van der Waals surface area contributed by atoms with Gasteiger partial charge >= 0.3 is 0 Å². The van der Waals surface area contributed by atoms with Gasteiger partial charge in [0, 0.05) is 38.1 Å². The first-order chi connectivity index (χ1) is 10.4. The van der Waals surface area contributed by atoms with Crippen molar-refractivity contribution in [2.75, 3.05) is 13.1 Å². The van der Waals surface area contributed by atoms with Gasteiger partial charge in [-0.15, -0.1) is 0 Å². The molecular formula is C18H23N3. The molecule has 3 nitrogen and oxygen atoms in total. The summed E-state index contributed by atoms with van der Waals surface area (Å²) in [6.45, 7) is 4.35. The Morgan fingerprint density at radius 1 is 1.05 bits per heavy atom. The largest absolute Gasteiger partial charge is 0.309 e. The van der Waals surface area contributed by atoms with E-state index in [1.165, 1.54) is 30.5 Å². The molecule has 1 atom stereocenters. The van der Waals surface area contributed by atoms with Crippen molar-refractivity contribution >= 4 is 0 Å². The van der Waals surface area contributed by atoms with E-state index in [9.17, 15) is 0 Å². The van der Waals surface area contributed by atoms with Gasteiger partial charge in [0.05, 0.1) is 0 Å². The molecule has 110 valence electrons. The molecule has 1 aliphatic rings. The van der Waals surface area contributed by atoms with E-state index in [-0.39, 0.29) is 0 Å². The van der Waals surface area contributed by atoms with Gasteiger partial charge in [-0.25, -0.2) is 0 Å². The van der Waals surface area contributed by atoms with Gasteiger partial charge in [0.25, 0.3) is 0 Å². The van der Waals surface area contributed by atoms with Gasteiger partial charge in [0.15, 0.2) is 0 Å². The first-order valence-electron chi connectivity index (χ1n) is 7.79. The fourth-order valence-electron chi connectivity index (χ4n) is 2.97. The molecule has 0 saturated carbocycles. The summed E-state index contributed by atoms with van der Waals surface area (Å²) in [7, 11) is 0. The van der Waals surface area contributed by atoms with Gasteiger partial charge in [-0.2, -0.15) is 0 Å². The number of benzene rings is 1. The molecule has 2 aromatic rings. The molecule has 0 aliphatic carbocycles. The van der Waals surface area contributed by atoms with E-state index in [1.54, 1.807) is 0 Å². The minimum absolute atomic E-state index is 0.593. The standard InChI is InChI=1S/C18H23N3/c1-2-5-17(6-3-1)14-21-12-4-7-18(15-21)20-13-16-8-10-19-11-9-16/h1-3,5-6,8-11,18,20H,4,7,12-15H2/t18-/m1/s1. The first-order valence-corrected chi connectivity index (χ1v) is 7.79. The minimum atomic E-state index is 0.593. The van der Waals surface area contributed by atoms with Crippen molar-refractivity contribution in [2.45, 2.75) is 32.0 Å². The predicted octanol–water partition coefficient (Wildman–Crippen LogP) is 2.84. The maximum atomic E-state index is 4.06. The molecule has 3 heteroatoms. The number of aromatic nitrogens is 1. The topological polar surface area (TPSA) is 28.2 Å². The predicted molar refractivity (Wildman–Crippen MR) is 85.8 cm³/mol. The summed E-state index contributed by atoms with van der Waals surface area (Å²) in [6.07, 6.45) is 6.27. The lowest BCUT2D eigenvalue weighted by molar-refractivity contribution is 0.182. The summed E-state index contributed by atoms with van der Waals surface area (Å²) in [4.78, 5) is 6.62. The molecule has 1 N–H and O–H groups in total. The number of rotatable bonds is 5. The quantitative estimate of drug-likeness (QED) is 0.913. The summed E-state index contributed by atoms with van der Waals surface area (Å²) in [5, 5.41) is 3.68. The summed E-state index contributed by atoms with van der Waals surface area (Å²) >= 11 is 0. The van der Waals surface area contributed by atoms with Gasteiger partial charge in [-0.1, -0.05) is 30.3 Å². The maximum absolute atomic E-state index is 4.06. The molecule has 1 fully saturated rings. The van der Waals surface area contributed by atoms with Crippen molar-refractivity contribution < 1.29 is 0 Å². The van der Waals surface area contributed by atoms with Gasteiger partial charge < -0.3 is 5.32 Å². The van der Waals surface area contributed by atoms with E-state index in [1.807, 2.05) is 12.4 Å². The second-order valence-corrected chi connectivity index (χ2v) is 5.80. The molecule has 1 saturated heterocycles. The summed E-state index contributed by atoms with van der Waals surface area (Å²) < 4.78 is 0. The first kappa shape index (κ1) is 14.2. The molecule has 21 heavy (non-hydrogen) atoms. The van der Waals surface area contributed by atoms with Crippen molar-refractivity contribution in [1.82, 2.24) is 15.2 Å². The number of hydrogen-bond donors (Lipinski definition) is 1. The SMILES string of the molecule is c1ccc(CN2CCC[C@@H](NCc3ccncc3)C2)cc1. The molecule has 0 radical (unpaired) electrons. The summed E-state index contributed by atoms with van der Waals surface area (Å²) in [5.74, 6) is 0. The second-order valence-electron chi connectivity index (χ2n) is 5.80. The van der Waals surface area contributed by atoms with Crippen LogP contribution in [0.1, 0.15) is 24.0 Å². The van der Waals surface area contributed by atoms with E-state index >= 15 is 0 Å². The van der Waals surface area contributed by atoms with Gasteiger partial charge in [0.2, 0.25) is 0 Å². The van der Waals surface area contributed by atoms with Crippen molar-refractivity contribution in [3.05, 3.63) is 66.0 Å². The number of nitrogens with one attached hydrogen (secondary N) is 1. The average molecular weight is 281 g/mol. The van der Waals surface area contributed by atoms with Gasteiger partial charge in [0.1, 0.15) is 0 Å². The Balaban J connectivity index is 1.49. The van der Waals surface area contributed by atoms with Crippen LogP contribution in [0.25, 0.3) is 0 Å². The lowest BCUT2D eigenvalue weighted by Gasteiger charge is -2.33. The Morgan fingerprint density at radius 3 is 2.67 bits per heavy atom. The summed E-state index contributed by atoms with van der Waals surface area (Å²) in [6, 6.07) is 15.5. The monoisotopic (exact) mass is 281 g/mol. The third kappa shape index (κ3) is 4.38. The van der Waals surface area contributed by atoms with Crippen LogP contribution in [-0.2, 0) is 13.1 Å². The van der Waals surface area contributed by atoms with Crippen molar-refractivity contribution in [3.63, 3.8) is 0 Å². The minimum Gasteiger partial charge on any atom is -0.309 e. The zero-order chi connectivity index (χ0) is 14.3. The van der Waals surface area contributed by atoms with Crippen molar-refractivity contribution in [1.29, 1.82) is 0 Å². The molecule has 0 spiro atoms. The Bertz CT molecular complexity index is 527. The number of pyridine rings is 1. The van der Waals surface area contributed by atoms with Crippen LogP contribution in [-0.4, -0.2) is 29.0 Å². The van der Waals surface area contributed by atoms with Crippen LogP contribution in [0.5, 0.6) is 0 Å². The number of likely N-dealkylation sites (tertiary alicyclic amines) is 1. The van der Waals surface area contributed by atoms with E-state index in [0.717, 1.165) is 19.6 Å². The smallest absolute Gasteiger partial charge is 0.0271 e. The second kappa shape index (κ2) is 7.34. The third-order valence-corrected chi connectivity index (χ3v) is 4.10. The van der Waals surface area contributed by atoms with Gasteiger partial charge in [-0.3, -0.25) is 9.88 Å². The molecular weight excluding hydrogens is 258 g/mol. The fraction of sp³-hybridized carbons (Fsp3) is 0.389. The lowest BCUT2D eigenvalue weighted by atomic mass is 10.0. The third-order valence-electron chi connectivity index (χ3n) is 4.10. The van der Waals surface area contributed by atoms with E-state index in [2.05, 4.69) is 57.7 Å². The highest BCUT2D eigenvalue weighted by molar-refractivity contribution is 5.14. The highest BCUT2D eigenvalue weighted by atomic mass is 15.2. The molecule has 3 rings (SSSR count). The number of hydrogen-bond acceptors (Lipinski definition) is 3. The van der Waals surface area contributed by atoms with Crippen LogP contribution >= 0.6 is 0 Å². The number of nitrogens with zero attached hydrogens (tertiary/aromatic N) is 2. The van der Waals surface area contributed by atoms with Gasteiger partial charge in [-0.05, 0) is 42.6 Å². The van der Waals surface area contributed by atoms with Crippen LogP contribution in [0, 0.1) is 0 Å². The highest BCUT2D eigenvalue weighted by Crippen LogP contribution is 2.14. The molecule has 1 aliphatic heterocycles. The Kier molecular flexibility index (Phi) is 4.98. The van der Waals surface area contributed by atoms with Crippen LogP contribution in [0.4, 0.5) is 0 Å². The van der Waals surface area contributed by atoms with Crippen LogP contribution < -0.4 is 5.32 Å². The zero-order valence-electron chi connectivity index (χ0n) is 12.4. The van der Waals surface area contributed by atoms with Crippen LogP contribution in [0.2, 0.25) is 0 Å². The molecule has 0 bridgehead atoms.